The zero-order valence-electron chi connectivity index (χ0n) is 11.0. The molecule has 102 valence electrons. The van der Waals surface area contributed by atoms with E-state index in [4.69, 9.17) is 9.52 Å². The van der Waals surface area contributed by atoms with Crippen molar-refractivity contribution in [2.45, 2.75) is 26.3 Å². The van der Waals surface area contributed by atoms with Gasteiger partial charge in [-0.3, -0.25) is 4.79 Å². The minimum absolute atomic E-state index is 0.0573. The number of aromatic nitrogens is 2. The molecular formula is C13H17N3O3. The van der Waals surface area contributed by atoms with Gasteiger partial charge in [-0.2, -0.15) is 5.10 Å². The first-order valence-electron chi connectivity index (χ1n) is 6.15. The molecule has 0 aromatic carbocycles. The molecule has 0 aliphatic heterocycles. The zero-order chi connectivity index (χ0) is 13.8. The predicted octanol–water partition coefficient (Wildman–Crippen LogP) is 1.14. The molecule has 2 heterocycles. The summed E-state index contributed by atoms with van der Waals surface area (Å²) in [5.41, 5.74) is 0.909. The van der Waals surface area contributed by atoms with Crippen molar-refractivity contribution in [3.05, 3.63) is 35.9 Å². The smallest absolute Gasteiger partial charge is 0.287 e. The van der Waals surface area contributed by atoms with Crippen molar-refractivity contribution in [1.82, 2.24) is 15.1 Å². The molecule has 2 aromatic heterocycles. The number of nitrogens with zero attached hydrogens (tertiary/aromatic N) is 2. The summed E-state index contributed by atoms with van der Waals surface area (Å²) in [6, 6.07) is 3.35. The molecule has 0 atom stereocenters. The van der Waals surface area contributed by atoms with Crippen molar-refractivity contribution in [1.29, 1.82) is 0 Å². The van der Waals surface area contributed by atoms with Crippen molar-refractivity contribution < 1.29 is 14.3 Å². The summed E-state index contributed by atoms with van der Waals surface area (Å²) in [6.07, 6.45) is 3.97. The number of rotatable bonds is 5. The average molecular weight is 263 g/mol. The molecule has 1 amide bonds. The highest BCUT2D eigenvalue weighted by Gasteiger charge is 2.13. The summed E-state index contributed by atoms with van der Waals surface area (Å²) in [5.74, 6) is 0.477. The number of nitrogens with one attached hydrogen (secondary N) is 1. The number of amides is 1. The van der Waals surface area contributed by atoms with E-state index < -0.39 is 0 Å². The zero-order valence-corrected chi connectivity index (χ0v) is 11.0. The number of hydrogen-bond donors (Lipinski definition) is 2. The minimum Gasteiger partial charge on any atom is -0.433 e. The topological polar surface area (TPSA) is 80.3 Å². The van der Waals surface area contributed by atoms with Crippen LogP contribution in [0, 0.1) is 0 Å². The summed E-state index contributed by atoms with van der Waals surface area (Å²) in [7, 11) is 0. The molecule has 0 spiro atoms. The van der Waals surface area contributed by atoms with Gasteiger partial charge in [0.15, 0.2) is 5.76 Å². The molecule has 19 heavy (non-hydrogen) atoms. The van der Waals surface area contributed by atoms with Gasteiger partial charge in [0.25, 0.3) is 5.91 Å². The van der Waals surface area contributed by atoms with Gasteiger partial charge in [0.2, 0.25) is 5.88 Å². The Balaban J connectivity index is 2.13. The van der Waals surface area contributed by atoms with Crippen LogP contribution in [-0.4, -0.2) is 33.4 Å². The van der Waals surface area contributed by atoms with Crippen LogP contribution >= 0.6 is 0 Å². The second kappa shape index (κ2) is 5.71. The van der Waals surface area contributed by atoms with Crippen molar-refractivity contribution in [3.8, 4) is 5.88 Å². The molecule has 0 saturated carbocycles. The van der Waals surface area contributed by atoms with Crippen molar-refractivity contribution in [3.63, 3.8) is 0 Å². The fraction of sp³-hybridized carbons (Fsp3) is 0.385. The lowest BCUT2D eigenvalue weighted by Crippen LogP contribution is -2.29. The van der Waals surface area contributed by atoms with Gasteiger partial charge in [-0.25, -0.2) is 4.68 Å². The van der Waals surface area contributed by atoms with Gasteiger partial charge in [0.05, 0.1) is 6.20 Å². The van der Waals surface area contributed by atoms with Gasteiger partial charge >= 0.3 is 0 Å². The lowest BCUT2D eigenvalue weighted by atomic mass is 10.3. The van der Waals surface area contributed by atoms with Crippen LogP contribution in [0.15, 0.2) is 28.9 Å². The maximum atomic E-state index is 11.7. The average Bonchev–Trinajstić information content (AvgIpc) is 2.95. The van der Waals surface area contributed by atoms with Crippen LogP contribution in [0.5, 0.6) is 0 Å². The standard InChI is InChI=1S/C13H17N3O3/c1-9(2)15-13(18)11-3-4-12(19-11)16-8-10(5-6-17)7-14-16/h3-4,7-9,17H,5-6H2,1-2H3,(H,15,18). The second-order valence-corrected chi connectivity index (χ2v) is 4.53. The Labute approximate surface area is 111 Å². The van der Waals surface area contributed by atoms with E-state index in [0.717, 1.165) is 5.56 Å². The van der Waals surface area contributed by atoms with Crippen LogP contribution in [0.4, 0.5) is 0 Å². The van der Waals surface area contributed by atoms with Gasteiger partial charge in [0.1, 0.15) is 0 Å². The third kappa shape index (κ3) is 3.23. The molecule has 0 radical (unpaired) electrons. The molecule has 2 aromatic rings. The van der Waals surface area contributed by atoms with E-state index >= 15 is 0 Å². The van der Waals surface area contributed by atoms with Crippen LogP contribution in [0.2, 0.25) is 0 Å². The largest absolute Gasteiger partial charge is 0.433 e. The number of carbonyl (C=O) groups is 1. The summed E-state index contributed by atoms with van der Waals surface area (Å²) in [5, 5.41) is 15.7. The van der Waals surface area contributed by atoms with Crippen LogP contribution < -0.4 is 5.32 Å². The fourth-order valence-electron chi connectivity index (χ4n) is 1.64. The number of hydrogen-bond acceptors (Lipinski definition) is 4. The first kappa shape index (κ1) is 13.4. The van der Waals surface area contributed by atoms with Gasteiger partial charge in [-0.15, -0.1) is 0 Å². The highest BCUT2D eigenvalue weighted by molar-refractivity contribution is 5.91. The molecule has 0 aliphatic carbocycles. The lowest BCUT2D eigenvalue weighted by Gasteiger charge is -2.05. The van der Waals surface area contributed by atoms with Gasteiger partial charge in [0, 0.05) is 24.9 Å². The van der Waals surface area contributed by atoms with Crippen LogP contribution in [0.3, 0.4) is 0 Å². The van der Waals surface area contributed by atoms with Crippen molar-refractivity contribution >= 4 is 5.91 Å². The summed E-state index contributed by atoms with van der Waals surface area (Å²) < 4.78 is 6.99. The second-order valence-electron chi connectivity index (χ2n) is 4.53. The predicted molar refractivity (Wildman–Crippen MR) is 69.2 cm³/mol. The number of aliphatic hydroxyl groups is 1. The number of carbonyl (C=O) groups excluding carboxylic acids is 1. The highest BCUT2D eigenvalue weighted by Crippen LogP contribution is 2.13. The molecular weight excluding hydrogens is 246 g/mol. The molecule has 0 saturated heterocycles. The molecule has 6 nitrogen and oxygen atoms in total. The van der Waals surface area contributed by atoms with Gasteiger partial charge < -0.3 is 14.8 Å². The first-order valence-corrected chi connectivity index (χ1v) is 6.15. The Hall–Kier alpha value is -2.08. The highest BCUT2D eigenvalue weighted by atomic mass is 16.4. The van der Waals surface area contributed by atoms with Crippen molar-refractivity contribution in [2.24, 2.45) is 0 Å². The van der Waals surface area contributed by atoms with Crippen LogP contribution in [0.25, 0.3) is 5.88 Å². The lowest BCUT2D eigenvalue weighted by molar-refractivity contribution is 0.0914. The summed E-state index contributed by atoms with van der Waals surface area (Å²) in [4.78, 5) is 11.7. The number of furan rings is 1. The molecule has 2 N–H and O–H groups in total. The molecule has 6 heteroatoms. The third-order valence-corrected chi connectivity index (χ3v) is 2.50. The Morgan fingerprint density at radius 2 is 2.32 bits per heavy atom. The molecule has 0 bridgehead atoms. The van der Waals surface area contributed by atoms with Crippen molar-refractivity contribution in [2.75, 3.05) is 6.61 Å². The quantitative estimate of drug-likeness (QED) is 0.847. The normalized spacial score (nSPS) is 10.9. The monoisotopic (exact) mass is 263 g/mol. The van der Waals surface area contributed by atoms with Gasteiger partial charge in [-0.05, 0) is 31.9 Å². The van der Waals surface area contributed by atoms with E-state index in [2.05, 4.69) is 10.4 Å². The summed E-state index contributed by atoms with van der Waals surface area (Å²) >= 11 is 0. The molecule has 0 aliphatic rings. The van der Waals surface area contributed by atoms with E-state index in [1.165, 1.54) is 4.68 Å². The van der Waals surface area contributed by atoms with Crippen LogP contribution in [-0.2, 0) is 6.42 Å². The van der Waals surface area contributed by atoms with Crippen LogP contribution in [0.1, 0.15) is 30.0 Å². The first-order chi connectivity index (χ1) is 9.10. The Morgan fingerprint density at radius 1 is 1.53 bits per heavy atom. The minimum atomic E-state index is -0.246. The van der Waals surface area contributed by atoms with E-state index in [1.54, 1.807) is 24.5 Å². The maximum absolute atomic E-state index is 11.7. The Kier molecular flexibility index (Phi) is 4.01. The maximum Gasteiger partial charge on any atom is 0.287 e. The van der Waals surface area contributed by atoms with E-state index in [9.17, 15) is 4.79 Å². The Morgan fingerprint density at radius 3 is 3.00 bits per heavy atom. The molecule has 0 unspecified atom stereocenters. The third-order valence-electron chi connectivity index (χ3n) is 2.50. The molecule has 2 rings (SSSR count). The van der Waals surface area contributed by atoms with E-state index in [1.807, 2.05) is 13.8 Å². The molecule has 0 fully saturated rings. The van der Waals surface area contributed by atoms with Gasteiger partial charge in [-0.1, -0.05) is 0 Å². The Bertz CT molecular complexity index is 557. The van der Waals surface area contributed by atoms with E-state index in [0.29, 0.717) is 12.3 Å². The fourth-order valence-corrected chi connectivity index (χ4v) is 1.64. The van der Waals surface area contributed by atoms with E-state index in [-0.39, 0.29) is 24.3 Å². The SMILES string of the molecule is CC(C)NC(=O)c1ccc(-n2cc(CCO)cn2)o1. The summed E-state index contributed by atoms with van der Waals surface area (Å²) in [6.45, 7) is 3.85. The number of aliphatic hydroxyl groups excluding tert-OH is 1.